The third kappa shape index (κ3) is 5.27. The quantitative estimate of drug-likeness (QED) is 0.505. The van der Waals surface area contributed by atoms with Crippen molar-refractivity contribution in [2.24, 2.45) is 0 Å². The van der Waals surface area contributed by atoms with Crippen molar-refractivity contribution in [3.8, 4) is 0 Å². The minimum atomic E-state index is -0.806. The summed E-state index contributed by atoms with van der Waals surface area (Å²) in [6, 6.07) is 29.4. The fraction of sp³-hybridized carbons (Fsp3) is 0.200. The van der Waals surface area contributed by atoms with Crippen LogP contribution in [0, 0.1) is 5.21 Å². The van der Waals surface area contributed by atoms with Crippen LogP contribution in [0.25, 0.3) is 0 Å². The van der Waals surface area contributed by atoms with E-state index in [-0.39, 0.29) is 0 Å². The van der Waals surface area contributed by atoms with Crippen molar-refractivity contribution in [2.75, 3.05) is 0 Å². The van der Waals surface area contributed by atoms with Gasteiger partial charge in [0.15, 0.2) is 12.3 Å². The highest BCUT2D eigenvalue weighted by atomic mass is 16.6. The van der Waals surface area contributed by atoms with E-state index in [1.807, 2.05) is 91.0 Å². The van der Waals surface area contributed by atoms with Gasteiger partial charge in [0.05, 0.1) is 13.2 Å². The molecule has 0 fully saturated rings. The first-order valence-electron chi connectivity index (χ1n) is 9.94. The molecule has 0 aliphatic carbocycles. The number of benzene rings is 3. The lowest BCUT2D eigenvalue weighted by molar-refractivity contribution is -0.115. The fourth-order valence-electron chi connectivity index (χ4n) is 3.25. The Morgan fingerprint density at radius 1 is 0.633 bits per heavy atom. The predicted molar refractivity (Wildman–Crippen MR) is 115 cm³/mol. The molecular formula is C25H24NO4-. The van der Waals surface area contributed by atoms with Gasteiger partial charge in [-0.15, -0.1) is 0 Å². The normalized spacial score (nSPS) is 18.3. The Hall–Kier alpha value is -3.12. The largest absolute Gasteiger partial charge is 0.757 e. The minimum absolute atomic E-state index is 0.315. The van der Waals surface area contributed by atoms with Crippen molar-refractivity contribution < 1.29 is 14.2 Å². The molecule has 0 radical (unpaired) electrons. The molecule has 30 heavy (non-hydrogen) atoms. The van der Waals surface area contributed by atoms with Gasteiger partial charge in [0.25, 0.3) is 0 Å². The maximum atomic E-state index is 12.6. The first-order chi connectivity index (χ1) is 14.8. The number of hydrogen-bond acceptors (Lipinski definition) is 5. The van der Waals surface area contributed by atoms with E-state index in [4.69, 9.17) is 14.2 Å². The van der Waals surface area contributed by atoms with Crippen molar-refractivity contribution in [3.63, 3.8) is 0 Å². The molecule has 2 atom stereocenters. The summed E-state index contributed by atoms with van der Waals surface area (Å²) in [4.78, 5) is 0. The molecule has 5 heteroatoms. The predicted octanol–water partition coefficient (Wildman–Crippen LogP) is 4.99. The molecule has 0 amide bonds. The average Bonchev–Trinajstić information content (AvgIpc) is 3.11. The van der Waals surface area contributed by atoms with Crippen LogP contribution in [-0.4, -0.2) is 17.4 Å². The Morgan fingerprint density at radius 3 is 1.63 bits per heavy atom. The number of hydrogen-bond donors (Lipinski definition) is 0. The fourth-order valence-corrected chi connectivity index (χ4v) is 3.25. The molecule has 4 rings (SSSR count). The van der Waals surface area contributed by atoms with E-state index in [2.05, 4.69) is 0 Å². The highest BCUT2D eigenvalue weighted by molar-refractivity contribution is 5.18. The molecule has 0 aromatic heterocycles. The Bertz CT molecular complexity index is 931. The summed E-state index contributed by atoms with van der Waals surface area (Å²) in [7, 11) is 0. The number of nitrogens with zero attached hydrogens (tertiary/aromatic N) is 1. The topological polar surface area (TPSA) is 54.0 Å². The van der Waals surface area contributed by atoms with E-state index < -0.39 is 12.3 Å². The second kappa shape index (κ2) is 10.1. The van der Waals surface area contributed by atoms with Gasteiger partial charge in [-0.3, -0.25) is 0 Å². The van der Waals surface area contributed by atoms with Crippen LogP contribution >= 0.6 is 0 Å². The van der Waals surface area contributed by atoms with E-state index in [0.29, 0.717) is 25.6 Å². The van der Waals surface area contributed by atoms with Crippen molar-refractivity contribution in [1.82, 2.24) is 5.06 Å². The Balaban J connectivity index is 1.44. The maximum absolute atomic E-state index is 12.6. The molecule has 3 aromatic rings. The van der Waals surface area contributed by atoms with Gasteiger partial charge in [-0.1, -0.05) is 91.0 Å². The third-order valence-electron chi connectivity index (χ3n) is 4.83. The van der Waals surface area contributed by atoms with Gasteiger partial charge in [0.2, 0.25) is 0 Å². The van der Waals surface area contributed by atoms with Gasteiger partial charge in [-0.25, -0.2) is 0 Å². The highest BCUT2D eigenvalue weighted by Gasteiger charge is 2.35. The lowest BCUT2D eigenvalue weighted by Gasteiger charge is -2.33. The van der Waals surface area contributed by atoms with Gasteiger partial charge < -0.3 is 24.5 Å². The van der Waals surface area contributed by atoms with Gasteiger partial charge in [0, 0.05) is 6.20 Å². The van der Waals surface area contributed by atoms with Crippen LogP contribution in [0.15, 0.2) is 103 Å². The molecule has 0 unspecified atom stereocenters. The summed E-state index contributed by atoms with van der Waals surface area (Å²) in [5, 5.41) is 13.4. The first-order valence-corrected chi connectivity index (χ1v) is 9.94. The van der Waals surface area contributed by atoms with Crippen LogP contribution in [0.3, 0.4) is 0 Å². The maximum Gasteiger partial charge on any atom is 0.160 e. The van der Waals surface area contributed by atoms with Crippen LogP contribution in [0.4, 0.5) is 0 Å². The second-order valence-corrected chi connectivity index (χ2v) is 7.07. The lowest BCUT2D eigenvalue weighted by Crippen LogP contribution is -2.37. The van der Waals surface area contributed by atoms with Crippen molar-refractivity contribution in [2.45, 2.75) is 32.2 Å². The molecule has 0 saturated heterocycles. The average molecular weight is 402 g/mol. The van der Waals surface area contributed by atoms with Gasteiger partial charge in [-0.2, -0.15) is 0 Å². The van der Waals surface area contributed by atoms with E-state index in [1.165, 1.54) is 6.20 Å². The van der Waals surface area contributed by atoms with Gasteiger partial charge >= 0.3 is 0 Å². The van der Waals surface area contributed by atoms with Gasteiger partial charge in [-0.05, 0) is 16.7 Å². The summed E-state index contributed by atoms with van der Waals surface area (Å²) in [5.74, 6) is 0.475. The number of ether oxygens (including phenoxy) is 3. The van der Waals surface area contributed by atoms with E-state index >= 15 is 0 Å². The minimum Gasteiger partial charge on any atom is -0.757 e. The first kappa shape index (κ1) is 20.2. The van der Waals surface area contributed by atoms with Crippen LogP contribution in [0.1, 0.15) is 16.7 Å². The Kier molecular flexibility index (Phi) is 6.77. The van der Waals surface area contributed by atoms with E-state index in [9.17, 15) is 5.21 Å². The van der Waals surface area contributed by atoms with Crippen molar-refractivity contribution in [3.05, 3.63) is 125 Å². The zero-order valence-corrected chi connectivity index (χ0v) is 16.6. The Labute approximate surface area is 176 Å². The van der Waals surface area contributed by atoms with Crippen molar-refractivity contribution >= 4 is 0 Å². The number of hydroxylamine groups is 2. The van der Waals surface area contributed by atoms with E-state index in [0.717, 1.165) is 21.8 Å². The van der Waals surface area contributed by atoms with Crippen LogP contribution in [0.2, 0.25) is 0 Å². The summed E-state index contributed by atoms with van der Waals surface area (Å²) in [6.07, 6.45) is 0.00340. The molecule has 1 heterocycles. The second-order valence-electron chi connectivity index (χ2n) is 7.07. The van der Waals surface area contributed by atoms with E-state index in [1.54, 1.807) is 0 Å². The molecule has 154 valence electrons. The summed E-state index contributed by atoms with van der Waals surface area (Å²) in [5.41, 5.74) is 3.03. The number of rotatable bonds is 9. The molecule has 0 N–H and O–H groups in total. The molecular weight excluding hydrogens is 378 g/mol. The summed E-state index contributed by atoms with van der Waals surface area (Å²) >= 11 is 0. The van der Waals surface area contributed by atoms with Gasteiger partial charge in [0.1, 0.15) is 12.4 Å². The molecule has 1 aliphatic heterocycles. The monoisotopic (exact) mass is 402 g/mol. The summed E-state index contributed by atoms with van der Waals surface area (Å²) < 4.78 is 18.0. The lowest BCUT2D eigenvalue weighted by atomic mass is 10.2. The highest BCUT2D eigenvalue weighted by Crippen LogP contribution is 2.29. The Morgan fingerprint density at radius 2 is 1.10 bits per heavy atom. The standard InChI is InChI=1S/C25H24NO4/c27-26-16-23(28-17-20-10-4-1-5-11-20)24(29-18-21-12-6-2-7-13-21)25(26)30-19-22-14-8-3-9-15-22/h1-16,24-25H,17-19H2/q-1/t24-,25-/m0/s1. The molecule has 0 bridgehead atoms. The van der Waals surface area contributed by atoms with Crippen molar-refractivity contribution in [1.29, 1.82) is 0 Å². The third-order valence-corrected chi connectivity index (χ3v) is 4.83. The molecule has 0 saturated carbocycles. The van der Waals surface area contributed by atoms with Crippen LogP contribution in [0.5, 0.6) is 0 Å². The molecule has 5 nitrogen and oxygen atoms in total. The van der Waals surface area contributed by atoms with Crippen LogP contribution < -0.4 is 0 Å². The molecule has 3 aromatic carbocycles. The molecule has 0 spiro atoms. The smallest absolute Gasteiger partial charge is 0.160 e. The molecule has 1 aliphatic rings. The zero-order chi connectivity index (χ0) is 20.6. The SMILES string of the molecule is [O-]N1C=C(OCc2ccccc2)[C@H](OCc2ccccc2)[C@@H]1OCc1ccccc1. The summed E-state index contributed by atoms with van der Waals surface area (Å²) in [6.45, 7) is 1.03. The van der Waals surface area contributed by atoms with Crippen LogP contribution in [-0.2, 0) is 34.0 Å². The zero-order valence-electron chi connectivity index (χ0n) is 16.6.